The predicted octanol–water partition coefficient (Wildman–Crippen LogP) is 5.06. The molecule has 1 heterocycles. The lowest BCUT2D eigenvalue weighted by atomic mass is 10.0. The number of thiophene rings is 1. The fourth-order valence-corrected chi connectivity index (χ4v) is 4.77. The van der Waals surface area contributed by atoms with E-state index >= 15 is 0 Å². The zero-order valence-corrected chi connectivity index (χ0v) is 11.7. The van der Waals surface area contributed by atoms with Gasteiger partial charge >= 0.3 is 0 Å². The Hall–Kier alpha value is 0.660. The van der Waals surface area contributed by atoms with Crippen LogP contribution < -0.4 is 0 Å². The monoisotopic (exact) mass is 322 g/mol. The van der Waals surface area contributed by atoms with Crippen LogP contribution in [-0.2, 0) is 0 Å². The van der Waals surface area contributed by atoms with Crippen LogP contribution in [0.3, 0.4) is 0 Å². The summed E-state index contributed by atoms with van der Waals surface area (Å²) >= 11 is 9.33. The summed E-state index contributed by atoms with van der Waals surface area (Å²) < 4.78 is 1.27. The van der Waals surface area contributed by atoms with Gasteiger partial charge in [0.15, 0.2) is 0 Å². The first-order valence-corrected chi connectivity index (χ1v) is 6.95. The quantitative estimate of drug-likeness (QED) is 0.668. The Morgan fingerprint density at radius 2 is 2.15 bits per heavy atom. The van der Waals surface area contributed by atoms with E-state index in [2.05, 4.69) is 51.8 Å². The van der Waals surface area contributed by atoms with E-state index in [1.165, 1.54) is 27.1 Å². The van der Waals surface area contributed by atoms with Crippen LogP contribution in [-0.4, -0.2) is 0 Å². The van der Waals surface area contributed by atoms with Gasteiger partial charge in [-0.15, -0.1) is 11.3 Å². The van der Waals surface area contributed by atoms with E-state index in [1.54, 1.807) is 0 Å². The molecule has 1 saturated carbocycles. The molecule has 1 aliphatic carbocycles. The summed E-state index contributed by atoms with van der Waals surface area (Å²) in [7, 11) is 0. The molecule has 1 fully saturated rings. The van der Waals surface area contributed by atoms with Crippen molar-refractivity contribution in [3.05, 3.63) is 20.3 Å². The molecule has 0 aliphatic heterocycles. The van der Waals surface area contributed by atoms with Gasteiger partial charge < -0.3 is 0 Å². The van der Waals surface area contributed by atoms with Crippen LogP contribution in [0.2, 0.25) is 0 Å². The summed E-state index contributed by atoms with van der Waals surface area (Å²) in [5, 5.41) is 0. The molecule has 0 radical (unpaired) electrons. The molecule has 0 aromatic carbocycles. The second-order valence-electron chi connectivity index (χ2n) is 4.09. The average Bonchev–Trinajstić information content (AvgIpc) is 2.71. The molecule has 0 saturated heterocycles. The molecule has 1 aromatic heterocycles. The zero-order chi connectivity index (χ0) is 9.64. The van der Waals surface area contributed by atoms with Crippen molar-refractivity contribution in [2.75, 3.05) is 0 Å². The maximum atomic E-state index is 3.81. The van der Waals surface area contributed by atoms with Gasteiger partial charge in [0.2, 0.25) is 0 Å². The number of hydrogen-bond donors (Lipinski definition) is 0. The predicted molar refractivity (Wildman–Crippen MR) is 65.8 cm³/mol. The Bertz CT molecular complexity index is 326. The first-order valence-electron chi connectivity index (χ1n) is 4.43. The summed E-state index contributed by atoms with van der Waals surface area (Å²) in [4.78, 5) is 3.38. The van der Waals surface area contributed by atoms with Gasteiger partial charge in [-0.2, -0.15) is 0 Å². The van der Waals surface area contributed by atoms with Crippen molar-refractivity contribution in [2.45, 2.75) is 31.5 Å². The van der Waals surface area contributed by atoms with Crippen LogP contribution in [0.5, 0.6) is 0 Å². The van der Waals surface area contributed by atoms with E-state index in [4.69, 9.17) is 0 Å². The average molecular weight is 324 g/mol. The SMILES string of the molecule is Cc1cc(Br)c(C(Br)C2(C)CC2)s1. The Balaban J connectivity index is 2.29. The van der Waals surface area contributed by atoms with Crippen molar-refractivity contribution in [2.24, 2.45) is 5.41 Å². The minimum atomic E-state index is 0.514. The van der Waals surface area contributed by atoms with Crippen molar-refractivity contribution in [1.82, 2.24) is 0 Å². The lowest BCUT2D eigenvalue weighted by Gasteiger charge is -2.15. The molecule has 0 amide bonds. The van der Waals surface area contributed by atoms with E-state index in [9.17, 15) is 0 Å². The molecule has 0 nitrogen and oxygen atoms in total. The minimum absolute atomic E-state index is 0.514. The summed E-state index contributed by atoms with van der Waals surface area (Å²) in [6.45, 7) is 4.52. The Morgan fingerprint density at radius 1 is 1.54 bits per heavy atom. The summed E-state index contributed by atoms with van der Waals surface area (Å²) in [5.41, 5.74) is 0.514. The molecule has 0 spiro atoms. The molecule has 1 atom stereocenters. The Kier molecular flexibility index (Phi) is 2.63. The number of aryl methyl sites for hydroxylation is 1. The van der Waals surface area contributed by atoms with Gasteiger partial charge in [-0.25, -0.2) is 0 Å². The van der Waals surface area contributed by atoms with Gasteiger partial charge in [-0.3, -0.25) is 0 Å². The Labute approximate surface area is 100.0 Å². The molecule has 1 aliphatic rings. The Morgan fingerprint density at radius 3 is 2.54 bits per heavy atom. The van der Waals surface area contributed by atoms with Gasteiger partial charge in [0.05, 0.1) is 4.83 Å². The van der Waals surface area contributed by atoms with Crippen LogP contribution >= 0.6 is 43.2 Å². The second-order valence-corrected chi connectivity index (χ2v) is 7.14. The zero-order valence-electron chi connectivity index (χ0n) is 7.73. The highest BCUT2D eigenvalue weighted by Crippen LogP contribution is 2.60. The summed E-state index contributed by atoms with van der Waals surface area (Å²) in [6.07, 6.45) is 2.71. The molecule has 2 rings (SSSR count). The summed E-state index contributed by atoms with van der Waals surface area (Å²) in [6, 6.07) is 2.21. The van der Waals surface area contributed by atoms with Crippen molar-refractivity contribution in [3.8, 4) is 0 Å². The number of hydrogen-bond acceptors (Lipinski definition) is 1. The standard InChI is InChI=1S/C10H12Br2S/c1-6-5-7(11)8(13-6)9(12)10(2)3-4-10/h5,9H,3-4H2,1-2H3. The molecule has 72 valence electrons. The molecule has 0 N–H and O–H groups in total. The van der Waals surface area contributed by atoms with Gasteiger partial charge in [0.1, 0.15) is 0 Å². The first-order chi connectivity index (χ1) is 6.03. The second kappa shape index (κ2) is 3.35. The third kappa shape index (κ3) is 1.88. The maximum Gasteiger partial charge on any atom is 0.0554 e. The largest absolute Gasteiger partial charge is 0.143 e. The normalized spacial score (nSPS) is 21.5. The van der Waals surface area contributed by atoms with Crippen LogP contribution in [0.1, 0.15) is 34.3 Å². The van der Waals surface area contributed by atoms with E-state index in [-0.39, 0.29) is 0 Å². The van der Waals surface area contributed by atoms with Gasteiger partial charge in [-0.1, -0.05) is 22.9 Å². The van der Waals surface area contributed by atoms with Crippen molar-refractivity contribution in [3.63, 3.8) is 0 Å². The van der Waals surface area contributed by atoms with E-state index < -0.39 is 0 Å². The molecule has 13 heavy (non-hydrogen) atoms. The van der Waals surface area contributed by atoms with Gasteiger partial charge in [0.25, 0.3) is 0 Å². The first kappa shape index (κ1) is 10.2. The molecular formula is C10H12Br2S. The number of rotatable bonds is 2. The summed E-state index contributed by atoms with van der Waals surface area (Å²) in [5.74, 6) is 0. The number of halogens is 2. The van der Waals surface area contributed by atoms with E-state index in [1.807, 2.05) is 11.3 Å². The number of alkyl halides is 1. The highest BCUT2D eigenvalue weighted by atomic mass is 79.9. The molecule has 1 aromatic rings. The van der Waals surface area contributed by atoms with Crippen molar-refractivity contribution in [1.29, 1.82) is 0 Å². The van der Waals surface area contributed by atoms with Crippen molar-refractivity contribution >= 4 is 43.2 Å². The smallest absolute Gasteiger partial charge is 0.0554 e. The lowest BCUT2D eigenvalue weighted by molar-refractivity contribution is 0.569. The van der Waals surface area contributed by atoms with E-state index in [0.29, 0.717) is 10.2 Å². The molecular weight excluding hydrogens is 312 g/mol. The third-order valence-electron chi connectivity index (χ3n) is 2.72. The molecule has 3 heteroatoms. The van der Waals surface area contributed by atoms with Crippen molar-refractivity contribution < 1.29 is 0 Å². The highest BCUT2D eigenvalue weighted by Gasteiger charge is 2.45. The third-order valence-corrected chi connectivity index (χ3v) is 6.62. The lowest BCUT2D eigenvalue weighted by Crippen LogP contribution is -2.01. The van der Waals surface area contributed by atoms with Crippen LogP contribution in [0.15, 0.2) is 10.5 Å². The maximum absolute atomic E-state index is 3.81. The topological polar surface area (TPSA) is 0 Å². The molecule has 0 bridgehead atoms. The van der Waals surface area contributed by atoms with Crippen LogP contribution in [0, 0.1) is 12.3 Å². The molecule has 1 unspecified atom stereocenters. The van der Waals surface area contributed by atoms with Crippen LogP contribution in [0.4, 0.5) is 0 Å². The van der Waals surface area contributed by atoms with E-state index in [0.717, 1.165) is 0 Å². The fraction of sp³-hybridized carbons (Fsp3) is 0.600. The van der Waals surface area contributed by atoms with Gasteiger partial charge in [0, 0.05) is 14.2 Å². The fourth-order valence-electron chi connectivity index (χ4n) is 1.44. The minimum Gasteiger partial charge on any atom is -0.143 e. The van der Waals surface area contributed by atoms with Crippen LogP contribution in [0.25, 0.3) is 0 Å². The van der Waals surface area contributed by atoms with Gasteiger partial charge in [-0.05, 0) is 47.2 Å². The highest BCUT2D eigenvalue weighted by molar-refractivity contribution is 9.11.